The minimum absolute atomic E-state index is 0.0707. The molecule has 0 saturated heterocycles. The molecular weight excluding hydrogens is 452 g/mol. The molecular formula is C29H32N4O3. The lowest BCUT2D eigenvalue weighted by molar-refractivity contribution is -0.114. The van der Waals surface area contributed by atoms with Crippen LogP contribution in [0, 0.1) is 0 Å². The summed E-state index contributed by atoms with van der Waals surface area (Å²) in [5.41, 5.74) is 3.53. The van der Waals surface area contributed by atoms with Crippen molar-refractivity contribution in [3.05, 3.63) is 95.6 Å². The highest BCUT2D eigenvalue weighted by Gasteiger charge is 2.16. The SMILES string of the molecule is O=C(CNc1ccc(C(=O)NCc2ccccc2)cc1)Nc1ccc(C(=O)NC2CCCCC2)cc1. The molecule has 0 aromatic heterocycles. The Kier molecular flexibility index (Phi) is 8.70. The maximum Gasteiger partial charge on any atom is 0.251 e. The Morgan fingerprint density at radius 1 is 0.694 bits per heavy atom. The van der Waals surface area contributed by atoms with Gasteiger partial charge in [-0.25, -0.2) is 0 Å². The van der Waals surface area contributed by atoms with Gasteiger partial charge in [0.2, 0.25) is 5.91 Å². The summed E-state index contributed by atoms with van der Waals surface area (Å²) < 4.78 is 0. The van der Waals surface area contributed by atoms with Crippen LogP contribution in [0.4, 0.5) is 11.4 Å². The Morgan fingerprint density at radius 3 is 1.97 bits per heavy atom. The van der Waals surface area contributed by atoms with Gasteiger partial charge in [-0.1, -0.05) is 49.6 Å². The first-order chi connectivity index (χ1) is 17.6. The Labute approximate surface area is 211 Å². The smallest absolute Gasteiger partial charge is 0.251 e. The van der Waals surface area contributed by atoms with Crippen LogP contribution in [0.25, 0.3) is 0 Å². The van der Waals surface area contributed by atoms with Crippen molar-refractivity contribution in [1.29, 1.82) is 0 Å². The van der Waals surface area contributed by atoms with Crippen molar-refractivity contribution in [1.82, 2.24) is 10.6 Å². The number of amides is 3. The van der Waals surface area contributed by atoms with E-state index < -0.39 is 0 Å². The molecule has 3 amide bonds. The lowest BCUT2D eigenvalue weighted by Gasteiger charge is -2.22. The largest absolute Gasteiger partial charge is 0.376 e. The van der Waals surface area contributed by atoms with Crippen molar-refractivity contribution in [2.75, 3.05) is 17.2 Å². The van der Waals surface area contributed by atoms with E-state index in [9.17, 15) is 14.4 Å². The second-order valence-corrected chi connectivity index (χ2v) is 9.03. The van der Waals surface area contributed by atoms with Crippen LogP contribution in [-0.2, 0) is 11.3 Å². The fourth-order valence-electron chi connectivity index (χ4n) is 4.23. The predicted molar refractivity (Wildman–Crippen MR) is 142 cm³/mol. The number of hydrogen-bond acceptors (Lipinski definition) is 4. The van der Waals surface area contributed by atoms with Crippen molar-refractivity contribution in [2.24, 2.45) is 0 Å². The second kappa shape index (κ2) is 12.5. The lowest BCUT2D eigenvalue weighted by atomic mass is 9.95. The maximum absolute atomic E-state index is 12.4. The predicted octanol–water partition coefficient (Wildman–Crippen LogP) is 4.73. The zero-order valence-electron chi connectivity index (χ0n) is 20.3. The summed E-state index contributed by atoms with van der Waals surface area (Å²) in [6.07, 6.45) is 5.65. The van der Waals surface area contributed by atoms with Gasteiger partial charge >= 0.3 is 0 Å². The second-order valence-electron chi connectivity index (χ2n) is 9.03. The van der Waals surface area contributed by atoms with Crippen LogP contribution in [0.15, 0.2) is 78.9 Å². The van der Waals surface area contributed by atoms with Crippen molar-refractivity contribution in [3.63, 3.8) is 0 Å². The number of rotatable bonds is 9. The highest BCUT2D eigenvalue weighted by atomic mass is 16.2. The molecule has 1 aliphatic rings. The van der Waals surface area contributed by atoms with Gasteiger partial charge in [0.05, 0.1) is 6.54 Å². The monoisotopic (exact) mass is 484 g/mol. The minimum Gasteiger partial charge on any atom is -0.376 e. The quantitative estimate of drug-likeness (QED) is 0.353. The van der Waals surface area contributed by atoms with Crippen LogP contribution in [0.2, 0.25) is 0 Å². The zero-order valence-corrected chi connectivity index (χ0v) is 20.3. The first kappa shape index (κ1) is 25.0. The third-order valence-electron chi connectivity index (χ3n) is 6.27. The van der Waals surface area contributed by atoms with Crippen molar-refractivity contribution in [2.45, 2.75) is 44.7 Å². The first-order valence-corrected chi connectivity index (χ1v) is 12.4. The van der Waals surface area contributed by atoms with E-state index in [4.69, 9.17) is 0 Å². The van der Waals surface area contributed by atoms with Crippen LogP contribution in [0.1, 0.15) is 58.4 Å². The molecule has 36 heavy (non-hydrogen) atoms. The molecule has 0 bridgehead atoms. The third-order valence-corrected chi connectivity index (χ3v) is 6.27. The van der Waals surface area contributed by atoms with E-state index in [1.165, 1.54) is 6.42 Å². The van der Waals surface area contributed by atoms with Crippen LogP contribution in [-0.4, -0.2) is 30.3 Å². The van der Waals surface area contributed by atoms with Crippen molar-refractivity contribution >= 4 is 29.1 Å². The zero-order chi connectivity index (χ0) is 25.2. The summed E-state index contributed by atoms with van der Waals surface area (Å²) >= 11 is 0. The van der Waals surface area contributed by atoms with E-state index in [1.807, 2.05) is 30.3 Å². The minimum atomic E-state index is -0.209. The van der Waals surface area contributed by atoms with Gasteiger partial charge in [-0.15, -0.1) is 0 Å². The summed E-state index contributed by atoms with van der Waals surface area (Å²) in [7, 11) is 0. The van der Waals surface area contributed by atoms with Gasteiger partial charge < -0.3 is 21.3 Å². The fraction of sp³-hybridized carbons (Fsp3) is 0.276. The number of hydrogen-bond donors (Lipinski definition) is 4. The summed E-state index contributed by atoms with van der Waals surface area (Å²) in [6, 6.07) is 23.9. The number of nitrogens with one attached hydrogen (secondary N) is 4. The lowest BCUT2D eigenvalue weighted by Crippen LogP contribution is -2.36. The number of carbonyl (C=O) groups is 3. The van der Waals surface area contributed by atoms with Gasteiger partial charge in [-0.3, -0.25) is 14.4 Å². The van der Waals surface area contributed by atoms with E-state index >= 15 is 0 Å². The molecule has 0 heterocycles. The topological polar surface area (TPSA) is 99.3 Å². The highest BCUT2D eigenvalue weighted by Crippen LogP contribution is 2.18. The summed E-state index contributed by atoms with van der Waals surface area (Å²) in [5.74, 6) is -0.434. The third kappa shape index (κ3) is 7.43. The van der Waals surface area contributed by atoms with Crippen LogP contribution in [0.5, 0.6) is 0 Å². The summed E-state index contributed by atoms with van der Waals surface area (Å²) in [6.45, 7) is 0.537. The van der Waals surface area contributed by atoms with Gasteiger partial charge in [0, 0.05) is 35.1 Å². The molecule has 7 heteroatoms. The highest BCUT2D eigenvalue weighted by molar-refractivity contribution is 5.97. The van der Waals surface area contributed by atoms with Gasteiger partial charge in [-0.05, 0) is 66.9 Å². The van der Waals surface area contributed by atoms with E-state index in [2.05, 4.69) is 21.3 Å². The first-order valence-electron chi connectivity index (χ1n) is 12.4. The maximum atomic E-state index is 12.4. The normalized spacial score (nSPS) is 13.4. The molecule has 1 fully saturated rings. The molecule has 0 radical (unpaired) electrons. The average Bonchev–Trinajstić information content (AvgIpc) is 2.92. The van der Waals surface area contributed by atoms with Crippen LogP contribution < -0.4 is 21.3 Å². The molecule has 1 saturated carbocycles. The summed E-state index contributed by atoms with van der Waals surface area (Å²) in [4.78, 5) is 37.1. The van der Waals surface area contributed by atoms with E-state index in [1.54, 1.807) is 48.5 Å². The number of benzene rings is 3. The molecule has 3 aromatic carbocycles. The average molecular weight is 485 g/mol. The molecule has 4 N–H and O–H groups in total. The molecule has 4 rings (SSSR count). The van der Waals surface area contributed by atoms with Gasteiger partial charge in [0.15, 0.2) is 0 Å². The fourth-order valence-corrected chi connectivity index (χ4v) is 4.23. The Morgan fingerprint density at radius 2 is 1.31 bits per heavy atom. The summed E-state index contributed by atoms with van der Waals surface area (Å²) in [5, 5.41) is 11.9. The molecule has 0 unspecified atom stereocenters. The van der Waals surface area contributed by atoms with E-state index in [0.717, 1.165) is 36.9 Å². The van der Waals surface area contributed by atoms with Gasteiger partial charge in [-0.2, -0.15) is 0 Å². The Bertz CT molecular complexity index is 1160. The van der Waals surface area contributed by atoms with Gasteiger partial charge in [0.1, 0.15) is 0 Å². The molecule has 1 aliphatic carbocycles. The molecule has 0 aliphatic heterocycles. The molecule has 0 atom stereocenters. The van der Waals surface area contributed by atoms with Crippen molar-refractivity contribution < 1.29 is 14.4 Å². The Balaban J connectivity index is 1.20. The van der Waals surface area contributed by atoms with Crippen molar-refractivity contribution in [3.8, 4) is 0 Å². The van der Waals surface area contributed by atoms with Crippen LogP contribution >= 0.6 is 0 Å². The molecule has 7 nitrogen and oxygen atoms in total. The number of anilines is 2. The standard InChI is InChI=1S/C29H32N4O3/c34-27(32-26-17-13-23(14-18-26)29(36)33-25-9-5-2-6-10-25)20-30-24-15-11-22(12-16-24)28(35)31-19-21-7-3-1-4-8-21/h1,3-4,7-8,11-18,25,30H,2,5-6,9-10,19-20H2,(H,31,35)(H,32,34)(H,33,36). The van der Waals surface area contributed by atoms with E-state index in [0.29, 0.717) is 23.4 Å². The molecule has 0 spiro atoms. The molecule has 186 valence electrons. The van der Waals surface area contributed by atoms with E-state index in [-0.39, 0.29) is 30.3 Å². The Hall–Kier alpha value is -4.13. The van der Waals surface area contributed by atoms with Gasteiger partial charge in [0.25, 0.3) is 11.8 Å². The van der Waals surface area contributed by atoms with Crippen LogP contribution in [0.3, 0.4) is 0 Å². The molecule has 3 aromatic rings. The number of carbonyl (C=O) groups excluding carboxylic acids is 3.